The van der Waals surface area contributed by atoms with Crippen molar-refractivity contribution in [3.05, 3.63) is 156 Å². The van der Waals surface area contributed by atoms with E-state index in [1.165, 1.54) is 23.0 Å². The number of hydrogen-bond donors (Lipinski definition) is 1. The van der Waals surface area contributed by atoms with Gasteiger partial charge in [-0.25, -0.2) is 15.0 Å². The predicted molar refractivity (Wildman–Crippen MR) is 165 cm³/mol. The highest BCUT2D eigenvalue weighted by molar-refractivity contribution is 6.06. The second-order valence-corrected chi connectivity index (χ2v) is 10.4. The Kier molecular flexibility index (Phi) is 7.20. The van der Waals surface area contributed by atoms with Crippen molar-refractivity contribution in [1.82, 2.24) is 24.4 Å². The zero-order valence-corrected chi connectivity index (χ0v) is 23.5. The molecule has 1 unspecified atom stereocenters. The third kappa shape index (κ3) is 4.86. The summed E-state index contributed by atoms with van der Waals surface area (Å²) in [5, 5.41) is 2.90. The molecule has 212 valence electrons. The summed E-state index contributed by atoms with van der Waals surface area (Å²) in [7, 11) is 0. The molecule has 7 rings (SSSR count). The van der Waals surface area contributed by atoms with Gasteiger partial charge in [0.1, 0.15) is 12.6 Å². The molecule has 0 spiro atoms. The number of carbonyl (C=O) groups excluding carboxylic acids is 1. The lowest BCUT2D eigenvalue weighted by atomic mass is 9.75. The molecule has 3 heterocycles. The third-order valence-electron chi connectivity index (χ3n) is 8.03. The first-order chi connectivity index (χ1) is 21.2. The summed E-state index contributed by atoms with van der Waals surface area (Å²) in [5.74, 6) is 0.103. The van der Waals surface area contributed by atoms with Crippen LogP contribution >= 0.6 is 0 Å². The minimum Gasteiger partial charge on any atom is -0.355 e. The van der Waals surface area contributed by atoms with E-state index in [9.17, 15) is 4.79 Å². The van der Waals surface area contributed by atoms with E-state index in [4.69, 9.17) is 4.74 Å². The van der Waals surface area contributed by atoms with E-state index in [2.05, 4.69) is 116 Å². The second-order valence-electron chi connectivity index (χ2n) is 10.4. The van der Waals surface area contributed by atoms with Crippen LogP contribution in [0.15, 0.2) is 134 Å². The van der Waals surface area contributed by atoms with Crippen LogP contribution in [0.4, 0.5) is 5.82 Å². The van der Waals surface area contributed by atoms with Gasteiger partial charge in [0.05, 0.1) is 18.5 Å². The Morgan fingerprint density at radius 1 is 0.744 bits per heavy atom. The first kappa shape index (κ1) is 26.7. The van der Waals surface area contributed by atoms with Gasteiger partial charge in [-0.1, -0.05) is 109 Å². The van der Waals surface area contributed by atoms with Crippen molar-refractivity contribution < 1.29 is 9.53 Å². The summed E-state index contributed by atoms with van der Waals surface area (Å²) in [6, 6.07) is 41.0. The number of nitrogens with zero attached hydrogens (tertiary/aromatic N) is 5. The minimum atomic E-state index is -0.563. The lowest BCUT2D eigenvalue weighted by molar-refractivity contribution is -0.0880. The van der Waals surface area contributed by atoms with Crippen molar-refractivity contribution in [3.63, 3.8) is 0 Å². The van der Waals surface area contributed by atoms with Crippen LogP contribution in [-0.2, 0) is 10.3 Å². The number of carbonyl (C=O) groups is 1. The van der Waals surface area contributed by atoms with Gasteiger partial charge < -0.3 is 10.1 Å². The SMILES string of the molecule is O=C(Nc1ncnc2c1ncn2C1CN(C(c2ccccc2)(c2ccccc2)c2ccccc2)CCO1)c1ccccc1. The molecular formula is C35H30N6O2. The number of rotatable bonds is 7. The number of fused-ring (bicyclic) bond motifs is 1. The van der Waals surface area contributed by atoms with Gasteiger partial charge in [0, 0.05) is 18.7 Å². The highest BCUT2D eigenvalue weighted by Crippen LogP contribution is 2.44. The number of amides is 1. The van der Waals surface area contributed by atoms with Crippen molar-refractivity contribution >= 4 is 22.9 Å². The standard InChI is InChI=1S/C35H30N6O2/c42-34(26-13-5-1-6-14-26)39-32-31-33(37-24-36-32)41(25-38-31)30-23-40(21-22-43-30)35(27-15-7-2-8-16-27,28-17-9-3-10-18-28)29-19-11-4-12-20-29/h1-20,24-25,30H,21-23H2,(H,36,37,39,42). The number of hydrogen-bond acceptors (Lipinski definition) is 6. The van der Waals surface area contributed by atoms with Gasteiger partial charge in [0.2, 0.25) is 0 Å². The van der Waals surface area contributed by atoms with Gasteiger partial charge in [-0.05, 0) is 28.8 Å². The van der Waals surface area contributed by atoms with Crippen molar-refractivity contribution in [2.75, 3.05) is 25.0 Å². The van der Waals surface area contributed by atoms with Crippen LogP contribution in [0.1, 0.15) is 33.3 Å². The van der Waals surface area contributed by atoms with Crippen LogP contribution in [0.2, 0.25) is 0 Å². The van der Waals surface area contributed by atoms with E-state index in [-0.39, 0.29) is 12.1 Å². The molecule has 43 heavy (non-hydrogen) atoms. The van der Waals surface area contributed by atoms with E-state index >= 15 is 0 Å². The van der Waals surface area contributed by atoms with Crippen molar-refractivity contribution in [2.24, 2.45) is 0 Å². The molecule has 1 N–H and O–H groups in total. The van der Waals surface area contributed by atoms with Gasteiger partial charge in [0.25, 0.3) is 5.91 Å². The molecule has 8 heteroatoms. The number of imidazole rings is 1. The molecule has 0 bridgehead atoms. The average Bonchev–Trinajstić information content (AvgIpc) is 3.53. The summed E-state index contributed by atoms with van der Waals surface area (Å²) in [6.07, 6.45) is 2.80. The van der Waals surface area contributed by atoms with Crippen molar-refractivity contribution in [3.8, 4) is 0 Å². The Bertz CT molecular complexity index is 1730. The van der Waals surface area contributed by atoms with E-state index < -0.39 is 5.54 Å². The molecule has 1 aliphatic heterocycles. The molecule has 1 saturated heterocycles. The quantitative estimate of drug-likeness (QED) is 0.242. The summed E-state index contributed by atoms with van der Waals surface area (Å²) in [6.45, 7) is 1.80. The largest absolute Gasteiger partial charge is 0.355 e. The number of benzene rings is 4. The molecule has 1 atom stereocenters. The van der Waals surface area contributed by atoms with Gasteiger partial charge in [-0.2, -0.15) is 0 Å². The summed E-state index contributed by atoms with van der Waals surface area (Å²) < 4.78 is 8.32. The molecule has 6 aromatic rings. The molecule has 1 aliphatic rings. The molecule has 2 aromatic heterocycles. The fourth-order valence-electron chi connectivity index (χ4n) is 6.11. The van der Waals surface area contributed by atoms with E-state index in [0.717, 1.165) is 6.54 Å². The molecule has 4 aromatic carbocycles. The molecule has 0 saturated carbocycles. The number of ether oxygens (including phenoxy) is 1. The van der Waals surface area contributed by atoms with Crippen LogP contribution in [0.3, 0.4) is 0 Å². The maximum absolute atomic E-state index is 12.9. The fourth-order valence-corrected chi connectivity index (χ4v) is 6.11. The van der Waals surface area contributed by atoms with Crippen molar-refractivity contribution in [1.29, 1.82) is 0 Å². The fraction of sp³-hybridized carbons (Fsp3) is 0.143. The second kappa shape index (κ2) is 11.6. The van der Waals surface area contributed by atoms with Crippen LogP contribution < -0.4 is 5.32 Å². The Morgan fingerprint density at radius 2 is 1.30 bits per heavy atom. The lowest BCUT2D eigenvalue weighted by Gasteiger charge is -2.48. The highest BCUT2D eigenvalue weighted by atomic mass is 16.5. The monoisotopic (exact) mass is 566 g/mol. The van der Waals surface area contributed by atoms with Crippen LogP contribution in [-0.4, -0.2) is 50.0 Å². The Hall–Kier alpha value is -5.18. The third-order valence-corrected chi connectivity index (χ3v) is 8.03. The first-order valence-corrected chi connectivity index (χ1v) is 14.3. The van der Waals surface area contributed by atoms with Crippen LogP contribution in [0, 0.1) is 0 Å². The highest BCUT2D eigenvalue weighted by Gasteiger charge is 2.44. The Morgan fingerprint density at radius 3 is 1.88 bits per heavy atom. The molecule has 0 radical (unpaired) electrons. The summed E-state index contributed by atoms with van der Waals surface area (Å²) in [4.78, 5) is 28.9. The first-order valence-electron chi connectivity index (χ1n) is 14.3. The molecule has 8 nitrogen and oxygen atoms in total. The summed E-state index contributed by atoms with van der Waals surface area (Å²) in [5.41, 5.74) is 4.61. The van der Waals surface area contributed by atoms with Crippen LogP contribution in [0.25, 0.3) is 11.2 Å². The molecule has 1 amide bonds. The number of aromatic nitrogens is 4. The Balaban J connectivity index is 1.29. The van der Waals surface area contributed by atoms with E-state index in [1.54, 1.807) is 18.5 Å². The summed E-state index contributed by atoms with van der Waals surface area (Å²) >= 11 is 0. The topological polar surface area (TPSA) is 85.2 Å². The van der Waals surface area contributed by atoms with E-state index in [1.807, 2.05) is 22.8 Å². The average molecular weight is 567 g/mol. The molecule has 0 aliphatic carbocycles. The predicted octanol–water partition coefficient (Wildman–Crippen LogP) is 5.90. The minimum absolute atomic E-state index is 0.256. The zero-order chi connectivity index (χ0) is 29.1. The Labute approximate surface area is 249 Å². The number of anilines is 1. The van der Waals surface area contributed by atoms with E-state index in [0.29, 0.717) is 35.7 Å². The van der Waals surface area contributed by atoms with Gasteiger partial charge in [-0.15, -0.1) is 0 Å². The maximum atomic E-state index is 12.9. The zero-order valence-electron chi connectivity index (χ0n) is 23.5. The molecular weight excluding hydrogens is 536 g/mol. The van der Waals surface area contributed by atoms with Gasteiger partial charge in [0.15, 0.2) is 17.0 Å². The lowest BCUT2D eigenvalue weighted by Crippen LogP contribution is -2.54. The van der Waals surface area contributed by atoms with Crippen LogP contribution in [0.5, 0.6) is 0 Å². The van der Waals surface area contributed by atoms with Crippen molar-refractivity contribution in [2.45, 2.75) is 11.8 Å². The normalized spacial score (nSPS) is 15.8. The number of morpholine rings is 1. The maximum Gasteiger partial charge on any atom is 0.256 e. The van der Waals surface area contributed by atoms with Gasteiger partial charge >= 0.3 is 0 Å². The smallest absolute Gasteiger partial charge is 0.256 e. The molecule has 1 fully saturated rings. The number of nitrogens with one attached hydrogen (secondary N) is 1. The van der Waals surface area contributed by atoms with Gasteiger partial charge in [-0.3, -0.25) is 14.3 Å².